The fourth-order valence-electron chi connectivity index (χ4n) is 2.48. The minimum absolute atomic E-state index is 0.371. The minimum Gasteiger partial charge on any atom is -0.298 e. The maximum Gasteiger partial charge on any atom is 0.0567 e. The van der Waals surface area contributed by atoms with E-state index in [0.29, 0.717) is 17.6 Å². The first-order chi connectivity index (χ1) is 6.36. The minimum atomic E-state index is 0.371. The third-order valence-corrected chi connectivity index (χ3v) is 3.53. The van der Waals surface area contributed by atoms with Crippen molar-refractivity contribution in [3.63, 3.8) is 0 Å². The maximum absolute atomic E-state index is 3.73. The Hall–Kier alpha value is -0.0800. The van der Waals surface area contributed by atoms with E-state index in [0.717, 1.165) is 5.92 Å². The fourth-order valence-corrected chi connectivity index (χ4v) is 2.48. The molecule has 14 heavy (non-hydrogen) atoms. The molecule has 0 amide bonds. The first-order valence-electron chi connectivity index (χ1n) is 5.82. The molecule has 0 aromatic heterocycles. The average molecular weight is 198 g/mol. The lowest BCUT2D eigenvalue weighted by atomic mass is 9.76. The molecule has 1 aliphatic heterocycles. The zero-order valence-corrected chi connectivity index (χ0v) is 10.6. The highest BCUT2D eigenvalue weighted by molar-refractivity contribution is 4.92. The van der Waals surface area contributed by atoms with Gasteiger partial charge in [-0.3, -0.25) is 10.2 Å². The van der Waals surface area contributed by atoms with Gasteiger partial charge in [0.2, 0.25) is 0 Å². The quantitative estimate of drug-likeness (QED) is 0.695. The Morgan fingerprint density at radius 1 is 1.36 bits per heavy atom. The number of nitrogens with one attached hydrogen (secondary N) is 1. The van der Waals surface area contributed by atoms with Crippen molar-refractivity contribution in [2.24, 2.45) is 11.3 Å². The van der Waals surface area contributed by atoms with Crippen LogP contribution in [-0.4, -0.2) is 30.7 Å². The van der Waals surface area contributed by atoms with Crippen LogP contribution in [0.5, 0.6) is 0 Å². The number of hydrogen-bond donors (Lipinski definition) is 1. The summed E-state index contributed by atoms with van der Waals surface area (Å²) in [6.45, 7) is 12.8. The predicted molar refractivity (Wildman–Crippen MR) is 62.3 cm³/mol. The van der Waals surface area contributed by atoms with Gasteiger partial charge in [-0.15, -0.1) is 0 Å². The second-order valence-corrected chi connectivity index (χ2v) is 5.79. The van der Waals surface area contributed by atoms with Crippen LogP contribution in [0.2, 0.25) is 0 Å². The van der Waals surface area contributed by atoms with Crippen LogP contribution in [0.15, 0.2) is 0 Å². The fraction of sp³-hybridized carbons (Fsp3) is 1.00. The van der Waals surface area contributed by atoms with Crippen LogP contribution in [-0.2, 0) is 0 Å². The van der Waals surface area contributed by atoms with Crippen LogP contribution < -0.4 is 5.32 Å². The van der Waals surface area contributed by atoms with Crippen LogP contribution in [0, 0.1) is 11.3 Å². The van der Waals surface area contributed by atoms with Gasteiger partial charge in [0, 0.05) is 12.6 Å². The summed E-state index contributed by atoms with van der Waals surface area (Å²) in [6, 6.07) is 0.652. The van der Waals surface area contributed by atoms with Gasteiger partial charge in [-0.05, 0) is 25.3 Å². The Balaban J connectivity index is 2.73. The smallest absolute Gasteiger partial charge is 0.0567 e. The first kappa shape index (κ1) is 12.0. The largest absolute Gasteiger partial charge is 0.298 e. The molecule has 0 bridgehead atoms. The highest BCUT2D eigenvalue weighted by Crippen LogP contribution is 2.30. The molecule has 0 aromatic carbocycles. The third kappa shape index (κ3) is 2.48. The highest BCUT2D eigenvalue weighted by Gasteiger charge is 2.36. The topological polar surface area (TPSA) is 15.3 Å². The summed E-state index contributed by atoms with van der Waals surface area (Å²) in [4.78, 5) is 2.41. The molecule has 1 N–H and O–H groups in total. The zero-order valence-electron chi connectivity index (χ0n) is 10.6. The standard InChI is InChI=1S/C12H26N2/c1-7-10-8-14(6)9(2)13-11(10)12(3,4)5/h9-11,13H,7-8H2,1-6H3. The molecule has 0 radical (unpaired) electrons. The van der Waals surface area contributed by atoms with Crippen molar-refractivity contribution < 1.29 is 0 Å². The summed E-state index contributed by atoms with van der Waals surface area (Å²) in [5.74, 6) is 0.788. The predicted octanol–water partition coefficient (Wildman–Crippen LogP) is 2.31. The summed E-state index contributed by atoms with van der Waals surface area (Å²) >= 11 is 0. The van der Waals surface area contributed by atoms with E-state index in [9.17, 15) is 0 Å². The van der Waals surface area contributed by atoms with Crippen molar-refractivity contribution in [2.45, 2.75) is 53.2 Å². The molecule has 1 rings (SSSR count). The van der Waals surface area contributed by atoms with Crippen molar-refractivity contribution in [3.05, 3.63) is 0 Å². The van der Waals surface area contributed by atoms with Crippen molar-refractivity contribution in [3.8, 4) is 0 Å². The van der Waals surface area contributed by atoms with Gasteiger partial charge in [-0.1, -0.05) is 34.1 Å². The van der Waals surface area contributed by atoms with E-state index < -0.39 is 0 Å². The Labute approximate surface area is 89.1 Å². The molecule has 1 fully saturated rings. The van der Waals surface area contributed by atoms with E-state index in [1.54, 1.807) is 0 Å². The van der Waals surface area contributed by atoms with Gasteiger partial charge >= 0.3 is 0 Å². The monoisotopic (exact) mass is 198 g/mol. The van der Waals surface area contributed by atoms with Gasteiger partial charge in [-0.25, -0.2) is 0 Å². The molecule has 1 heterocycles. The van der Waals surface area contributed by atoms with Crippen LogP contribution >= 0.6 is 0 Å². The van der Waals surface area contributed by atoms with Crippen molar-refractivity contribution >= 4 is 0 Å². The maximum atomic E-state index is 3.73. The second kappa shape index (κ2) is 4.19. The normalized spacial score (nSPS) is 36.0. The van der Waals surface area contributed by atoms with Crippen LogP contribution in [0.25, 0.3) is 0 Å². The van der Waals surface area contributed by atoms with E-state index >= 15 is 0 Å². The molecule has 3 atom stereocenters. The molecule has 2 nitrogen and oxygen atoms in total. The Morgan fingerprint density at radius 3 is 2.36 bits per heavy atom. The van der Waals surface area contributed by atoms with Crippen LogP contribution in [0.4, 0.5) is 0 Å². The summed E-state index contributed by atoms with van der Waals surface area (Å²) in [6.07, 6.45) is 1.79. The van der Waals surface area contributed by atoms with Gasteiger partial charge in [0.25, 0.3) is 0 Å². The Kier molecular flexibility index (Phi) is 3.59. The number of nitrogens with zero attached hydrogens (tertiary/aromatic N) is 1. The van der Waals surface area contributed by atoms with E-state index in [2.05, 4.69) is 51.9 Å². The molecule has 3 unspecified atom stereocenters. The van der Waals surface area contributed by atoms with Gasteiger partial charge in [-0.2, -0.15) is 0 Å². The van der Waals surface area contributed by atoms with Crippen LogP contribution in [0.3, 0.4) is 0 Å². The lowest BCUT2D eigenvalue weighted by Gasteiger charge is -2.47. The zero-order chi connectivity index (χ0) is 10.9. The molecule has 1 aliphatic rings. The van der Waals surface area contributed by atoms with Gasteiger partial charge in [0.05, 0.1) is 6.17 Å². The number of rotatable bonds is 1. The van der Waals surface area contributed by atoms with E-state index in [-0.39, 0.29) is 0 Å². The van der Waals surface area contributed by atoms with E-state index in [1.165, 1.54) is 13.0 Å². The first-order valence-corrected chi connectivity index (χ1v) is 5.82. The molecule has 2 heteroatoms. The molecule has 0 saturated carbocycles. The summed E-state index contributed by atoms with van der Waals surface area (Å²) < 4.78 is 0. The molecular weight excluding hydrogens is 172 g/mol. The lowest BCUT2D eigenvalue weighted by Crippen LogP contribution is -2.61. The summed E-state index contributed by atoms with van der Waals surface area (Å²) in [7, 11) is 2.21. The van der Waals surface area contributed by atoms with Crippen molar-refractivity contribution in [2.75, 3.05) is 13.6 Å². The van der Waals surface area contributed by atoms with Crippen LogP contribution in [0.1, 0.15) is 41.0 Å². The molecule has 0 spiro atoms. The average Bonchev–Trinajstić information content (AvgIpc) is 2.07. The Morgan fingerprint density at radius 2 is 1.93 bits per heavy atom. The SMILES string of the molecule is CCC1CN(C)C(C)NC1C(C)(C)C. The molecular formula is C12H26N2. The third-order valence-electron chi connectivity index (χ3n) is 3.53. The number of hydrogen-bond acceptors (Lipinski definition) is 2. The van der Waals surface area contributed by atoms with Gasteiger partial charge < -0.3 is 0 Å². The van der Waals surface area contributed by atoms with Crippen molar-refractivity contribution in [1.29, 1.82) is 0 Å². The molecule has 0 aromatic rings. The van der Waals surface area contributed by atoms with Gasteiger partial charge in [0.15, 0.2) is 0 Å². The van der Waals surface area contributed by atoms with Gasteiger partial charge in [0.1, 0.15) is 0 Å². The lowest BCUT2D eigenvalue weighted by molar-refractivity contribution is 0.0433. The highest BCUT2D eigenvalue weighted by atomic mass is 15.3. The van der Waals surface area contributed by atoms with Crippen molar-refractivity contribution in [1.82, 2.24) is 10.2 Å². The molecule has 84 valence electrons. The molecule has 1 saturated heterocycles. The van der Waals surface area contributed by atoms with E-state index in [1.807, 2.05) is 0 Å². The Bertz CT molecular complexity index is 183. The summed E-state index contributed by atoms with van der Waals surface area (Å²) in [5.41, 5.74) is 0.371. The second-order valence-electron chi connectivity index (χ2n) is 5.79. The van der Waals surface area contributed by atoms with E-state index in [4.69, 9.17) is 0 Å². The summed E-state index contributed by atoms with van der Waals surface area (Å²) in [5, 5.41) is 3.73. The molecule has 0 aliphatic carbocycles.